The van der Waals surface area contributed by atoms with Crippen LogP contribution in [0.25, 0.3) is 0 Å². The SMILES string of the molecule is [Pt][c]1ccccc1CC1=CCCCC1. The maximum absolute atomic E-state index is 2.44. The molecule has 0 unspecified atom stereocenters. The molecule has 2 rings (SSSR count). The Morgan fingerprint density at radius 3 is 2.71 bits per heavy atom. The molecule has 0 spiro atoms. The van der Waals surface area contributed by atoms with Crippen LogP contribution in [-0.2, 0) is 26.2 Å². The Balaban J connectivity index is 2.10. The zero-order valence-corrected chi connectivity index (χ0v) is 10.5. The van der Waals surface area contributed by atoms with Crippen LogP contribution >= 0.6 is 0 Å². The summed E-state index contributed by atoms with van der Waals surface area (Å²) >= 11 is 2.41. The van der Waals surface area contributed by atoms with Gasteiger partial charge in [0.1, 0.15) is 0 Å². The topological polar surface area (TPSA) is 0 Å². The minimum absolute atomic E-state index is 1.17. The molecule has 0 saturated carbocycles. The van der Waals surface area contributed by atoms with E-state index in [0.717, 1.165) is 0 Å². The van der Waals surface area contributed by atoms with Gasteiger partial charge in [-0.1, -0.05) is 0 Å². The molecule has 1 aliphatic carbocycles. The van der Waals surface area contributed by atoms with Crippen LogP contribution in [0.2, 0.25) is 0 Å². The molecule has 0 aliphatic heterocycles. The van der Waals surface area contributed by atoms with E-state index in [1.807, 2.05) is 0 Å². The van der Waals surface area contributed by atoms with Crippen LogP contribution in [0, 0.1) is 0 Å². The van der Waals surface area contributed by atoms with E-state index in [4.69, 9.17) is 0 Å². The van der Waals surface area contributed by atoms with Crippen molar-refractivity contribution in [1.29, 1.82) is 0 Å². The Hall–Kier alpha value is -0.352. The Labute approximate surface area is 97.3 Å². The van der Waals surface area contributed by atoms with Gasteiger partial charge in [0.2, 0.25) is 0 Å². The van der Waals surface area contributed by atoms with Crippen molar-refractivity contribution in [2.45, 2.75) is 32.1 Å². The fourth-order valence-electron chi connectivity index (χ4n) is 1.94. The molecule has 0 heterocycles. The standard InChI is InChI=1S/C13H15.Pt/c1-3-7-12(8-4-1)11-13-9-5-2-6-10-13;/h1,3-4,7,9H,2,5-6,10-11H2;. The second-order valence-corrected chi connectivity index (χ2v) is 5.07. The fraction of sp³-hybridized carbons (Fsp3) is 0.385. The van der Waals surface area contributed by atoms with Crippen LogP contribution in [0.1, 0.15) is 31.2 Å². The molecular weight excluding hydrogens is 351 g/mol. The molecule has 77 valence electrons. The molecule has 0 aromatic heterocycles. The van der Waals surface area contributed by atoms with Crippen molar-refractivity contribution in [1.82, 2.24) is 0 Å². The minimum atomic E-state index is 1.17. The normalized spacial score (nSPS) is 16.6. The third kappa shape index (κ3) is 2.57. The average Bonchev–Trinajstić information content (AvgIpc) is 2.23. The molecule has 0 atom stereocenters. The Morgan fingerprint density at radius 2 is 2.00 bits per heavy atom. The summed E-state index contributed by atoms with van der Waals surface area (Å²) in [6, 6.07) is 8.69. The number of hydrogen-bond acceptors (Lipinski definition) is 0. The second-order valence-electron chi connectivity index (χ2n) is 3.84. The van der Waals surface area contributed by atoms with Crippen molar-refractivity contribution in [3.05, 3.63) is 41.5 Å². The van der Waals surface area contributed by atoms with E-state index >= 15 is 0 Å². The molecule has 0 fully saturated rings. The molecule has 0 amide bonds. The summed E-state index contributed by atoms with van der Waals surface area (Å²) in [5.41, 5.74) is 3.13. The Kier molecular flexibility index (Phi) is 3.59. The molecule has 1 heteroatoms. The molecule has 0 nitrogen and oxygen atoms in total. The molecule has 14 heavy (non-hydrogen) atoms. The van der Waals surface area contributed by atoms with E-state index in [0.29, 0.717) is 0 Å². The summed E-state index contributed by atoms with van der Waals surface area (Å²) < 4.78 is 1.40. The first-order valence-electron chi connectivity index (χ1n) is 5.24. The van der Waals surface area contributed by atoms with Gasteiger partial charge in [-0.3, -0.25) is 0 Å². The van der Waals surface area contributed by atoms with Crippen LogP contribution in [0.4, 0.5) is 0 Å². The molecule has 1 aromatic carbocycles. The first-order valence-corrected chi connectivity index (χ1v) is 6.38. The average molecular weight is 366 g/mol. The van der Waals surface area contributed by atoms with Gasteiger partial charge in [0, 0.05) is 0 Å². The fourth-order valence-corrected chi connectivity index (χ4v) is 2.54. The van der Waals surface area contributed by atoms with Gasteiger partial charge >= 0.3 is 97.3 Å². The van der Waals surface area contributed by atoms with Crippen LogP contribution in [0.3, 0.4) is 0 Å². The van der Waals surface area contributed by atoms with E-state index in [9.17, 15) is 0 Å². The quantitative estimate of drug-likeness (QED) is 0.706. The molecular formula is C13H15Pt. The van der Waals surface area contributed by atoms with Gasteiger partial charge in [0.15, 0.2) is 0 Å². The number of benzene rings is 1. The van der Waals surface area contributed by atoms with Gasteiger partial charge < -0.3 is 0 Å². The third-order valence-corrected chi connectivity index (χ3v) is 3.84. The van der Waals surface area contributed by atoms with Crippen molar-refractivity contribution in [3.8, 4) is 0 Å². The van der Waals surface area contributed by atoms with Crippen molar-refractivity contribution in [2.24, 2.45) is 0 Å². The summed E-state index contributed by atoms with van der Waals surface area (Å²) in [7, 11) is 0. The van der Waals surface area contributed by atoms with Gasteiger partial charge in [-0.2, -0.15) is 0 Å². The van der Waals surface area contributed by atoms with E-state index in [1.165, 1.54) is 41.6 Å². The van der Waals surface area contributed by atoms with Gasteiger partial charge in [-0.15, -0.1) is 0 Å². The molecule has 1 aliphatic rings. The summed E-state index contributed by atoms with van der Waals surface area (Å²) in [4.78, 5) is 0. The van der Waals surface area contributed by atoms with Crippen molar-refractivity contribution in [2.75, 3.05) is 0 Å². The zero-order valence-electron chi connectivity index (χ0n) is 8.24. The molecule has 1 aromatic rings. The summed E-state index contributed by atoms with van der Waals surface area (Å²) in [6.07, 6.45) is 8.97. The predicted octanol–water partition coefficient (Wildman–Crippen LogP) is 2.90. The number of rotatable bonds is 2. The van der Waals surface area contributed by atoms with Crippen LogP contribution in [0.5, 0.6) is 0 Å². The molecule has 0 bridgehead atoms. The third-order valence-electron chi connectivity index (χ3n) is 2.73. The maximum atomic E-state index is 2.44. The summed E-state index contributed by atoms with van der Waals surface area (Å²) in [5, 5.41) is 0. The Morgan fingerprint density at radius 1 is 1.14 bits per heavy atom. The number of allylic oxidation sites excluding steroid dienone is 2. The van der Waals surface area contributed by atoms with Crippen molar-refractivity contribution < 1.29 is 19.8 Å². The van der Waals surface area contributed by atoms with Crippen LogP contribution in [-0.4, -0.2) is 0 Å². The van der Waals surface area contributed by atoms with Gasteiger partial charge in [0.05, 0.1) is 0 Å². The molecule has 0 N–H and O–H groups in total. The monoisotopic (exact) mass is 366 g/mol. The number of hydrogen-bond donors (Lipinski definition) is 0. The summed E-state index contributed by atoms with van der Waals surface area (Å²) in [5.74, 6) is 0. The Bertz CT molecular complexity index is 339. The van der Waals surface area contributed by atoms with Gasteiger partial charge in [-0.25, -0.2) is 0 Å². The zero-order chi connectivity index (χ0) is 9.80. The van der Waals surface area contributed by atoms with E-state index in [-0.39, 0.29) is 0 Å². The van der Waals surface area contributed by atoms with Crippen LogP contribution < -0.4 is 3.95 Å². The molecule has 0 saturated heterocycles. The first-order chi connectivity index (χ1) is 6.86. The molecule has 0 radical (unpaired) electrons. The van der Waals surface area contributed by atoms with Crippen molar-refractivity contribution in [3.63, 3.8) is 0 Å². The predicted molar refractivity (Wildman–Crippen MR) is 56.3 cm³/mol. The summed E-state index contributed by atoms with van der Waals surface area (Å²) in [6.45, 7) is 0. The van der Waals surface area contributed by atoms with E-state index in [1.54, 1.807) is 5.57 Å². The van der Waals surface area contributed by atoms with Gasteiger partial charge in [-0.05, 0) is 0 Å². The van der Waals surface area contributed by atoms with Crippen LogP contribution in [0.15, 0.2) is 35.9 Å². The van der Waals surface area contributed by atoms with Crippen molar-refractivity contribution >= 4 is 3.95 Å². The van der Waals surface area contributed by atoms with E-state index in [2.05, 4.69) is 50.2 Å². The second kappa shape index (κ2) is 4.93. The van der Waals surface area contributed by atoms with E-state index < -0.39 is 0 Å². The van der Waals surface area contributed by atoms with Gasteiger partial charge in [0.25, 0.3) is 0 Å². The first kappa shape index (κ1) is 10.2.